The Kier molecular flexibility index (Phi) is 12.1. The first-order valence-electron chi connectivity index (χ1n) is 9.80. The molecule has 4 amide bonds. The number of amides is 4. The van der Waals surface area contributed by atoms with Crippen LogP contribution in [0.25, 0.3) is 0 Å². The highest BCUT2D eigenvalue weighted by atomic mass is 16.4. The van der Waals surface area contributed by atoms with Crippen LogP contribution in [0.3, 0.4) is 0 Å². The van der Waals surface area contributed by atoms with E-state index in [-0.39, 0.29) is 0 Å². The molecule has 0 aromatic rings. The molecule has 0 aliphatic heterocycles. The second-order valence-corrected chi connectivity index (χ2v) is 7.31. The largest absolute Gasteiger partial charge is 0.481 e. The van der Waals surface area contributed by atoms with Crippen LogP contribution in [-0.4, -0.2) is 81.0 Å². The maximum Gasteiger partial charge on any atom is 0.326 e. The predicted molar refractivity (Wildman–Crippen MR) is 109 cm³/mol. The highest BCUT2D eigenvalue weighted by Gasteiger charge is 2.33. The normalized spacial score (nSPS) is 15.1. The summed E-state index contributed by atoms with van der Waals surface area (Å²) >= 11 is 0. The Bertz CT molecular complexity index is 787. The van der Waals surface area contributed by atoms with Crippen molar-refractivity contribution in [3.63, 3.8) is 0 Å². The molecule has 0 bridgehead atoms. The number of rotatable bonds is 15. The Morgan fingerprint density at radius 3 is 1.64 bits per heavy atom. The number of nitrogens with two attached hydrogens (primary N) is 2. The number of primary amides is 1. The van der Waals surface area contributed by atoms with Crippen molar-refractivity contribution in [3.05, 3.63) is 0 Å². The molecule has 0 aromatic heterocycles. The van der Waals surface area contributed by atoms with Crippen LogP contribution in [0.15, 0.2) is 0 Å². The average molecular weight is 475 g/mol. The monoisotopic (exact) mass is 475 g/mol. The van der Waals surface area contributed by atoms with Gasteiger partial charge in [-0.3, -0.25) is 28.8 Å². The van der Waals surface area contributed by atoms with Gasteiger partial charge in [-0.15, -0.1) is 0 Å². The van der Waals surface area contributed by atoms with E-state index in [2.05, 4.69) is 5.32 Å². The summed E-state index contributed by atoms with van der Waals surface area (Å²) in [6, 6.07) is -6.41. The van der Waals surface area contributed by atoms with Gasteiger partial charge in [0.05, 0.1) is 25.3 Å². The van der Waals surface area contributed by atoms with E-state index in [1.807, 2.05) is 10.6 Å². The van der Waals surface area contributed by atoms with Crippen LogP contribution in [0.1, 0.15) is 39.5 Å². The van der Waals surface area contributed by atoms with E-state index in [0.29, 0.717) is 6.42 Å². The van der Waals surface area contributed by atoms with Crippen molar-refractivity contribution in [2.45, 2.75) is 63.7 Å². The van der Waals surface area contributed by atoms with E-state index >= 15 is 0 Å². The molecule has 33 heavy (non-hydrogen) atoms. The Morgan fingerprint density at radius 2 is 1.21 bits per heavy atom. The fraction of sp³-hybridized carbons (Fsp3) is 0.611. The molecule has 0 aliphatic rings. The summed E-state index contributed by atoms with van der Waals surface area (Å²) in [7, 11) is 0. The Labute approximate surface area is 188 Å². The molecule has 5 unspecified atom stereocenters. The minimum absolute atomic E-state index is 0.372. The number of hydrogen-bond donors (Lipinski definition) is 8. The zero-order valence-electron chi connectivity index (χ0n) is 18.1. The van der Waals surface area contributed by atoms with E-state index in [1.165, 1.54) is 0 Å². The van der Waals surface area contributed by atoms with Gasteiger partial charge in [0.25, 0.3) is 0 Å². The van der Waals surface area contributed by atoms with E-state index in [0.717, 1.165) is 0 Å². The number of carboxylic acids is 3. The Morgan fingerprint density at radius 1 is 0.758 bits per heavy atom. The van der Waals surface area contributed by atoms with Crippen molar-refractivity contribution in [2.24, 2.45) is 17.4 Å². The third-order valence-corrected chi connectivity index (χ3v) is 4.56. The van der Waals surface area contributed by atoms with Crippen LogP contribution in [-0.2, 0) is 33.6 Å². The summed E-state index contributed by atoms with van der Waals surface area (Å²) in [5.74, 6) is -9.28. The van der Waals surface area contributed by atoms with Crippen molar-refractivity contribution in [1.29, 1.82) is 0 Å². The van der Waals surface area contributed by atoms with E-state index < -0.39 is 90.9 Å². The molecule has 0 saturated heterocycles. The van der Waals surface area contributed by atoms with Gasteiger partial charge in [0.15, 0.2) is 0 Å². The number of carboxylic acid groups (broad SMARTS) is 3. The molecule has 186 valence electrons. The smallest absolute Gasteiger partial charge is 0.326 e. The second kappa shape index (κ2) is 13.6. The van der Waals surface area contributed by atoms with Crippen molar-refractivity contribution < 1.29 is 48.9 Å². The molecule has 15 heteroatoms. The lowest BCUT2D eigenvalue weighted by molar-refractivity contribution is -0.145. The van der Waals surface area contributed by atoms with Gasteiger partial charge in [0, 0.05) is 0 Å². The molecule has 0 spiro atoms. The lowest BCUT2D eigenvalue weighted by Gasteiger charge is -2.25. The van der Waals surface area contributed by atoms with Crippen LogP contribution in [0, 0.1) is 5.92 Å². The van der Waals surface area contributed by atoms with E-state index in [4.69, 9.17) is 21.7 Å². The fourth-order valence-electron chi connectivity index (χ4n) is 2.56. The maximum atomic E-state index is 12.6. The molecule has 0 saturated carbocycles. The van der Waals surface area contributed by atoms with Gasteiger partial charge in [-0.1, -0.05) is 20.3 Å². The van der Waals surface area contributed by atoms with Crippen LogP contribution < -0.4 is 27.4 Å². The van der Waals surface area contributed by atoms with Gasteiger partial charge in [0.2, 0.25) is 23.6 Å². The number of aliphatic carboxylic acids is 3. The quantitative estimate of drug-likeness (QED) is 0.116. The number of hydrogen-bond acceptors (Lipinski definition) is 8. The summed E-state index contributed by atoms with van der Waals surface area (Å²) in [6.45, 7) is 3.22. The SMILES string of the molecule is CCC(C)C(NC(=O)C(CC(=O)O)NC(=O)C(CC(N)=O)NC(=O)C(N)CC(=O)O)C(=O)O. The standard InChI is InChI=1S/C18H29N5O10/c1-3-7(2)14(18(32)33)23-17(31)10(6-13(27)28)22-16(30)9(5-11(20)24)21-15(29)8(19)4-12(25)26/h7-10,14H,3-6,19H2,1-2H3,(H2,20,24)(H,21,29)(H,22,30)(H,23,31)(H,25,26)(H,27,28)(H,32,33). The molecule has 0 aromatic carbocycles. The van der Waals surface area contributed by atoms with Crippen molar-refractivity contribution in [1.82, 2.24) is 16.0 Å². The van der Waals surface area contributed by atoms with Gasteiger partial charge in [-0.25, -0.2) is 4.79 Å². The number of nitrogens with one attached hydrogen (secondary N) is 3. The minimum atomic E-state index is -1.76. The van der Waals surface area contributed by atoms with Crippen LogP contribution in [0.2, 0.25) is 0 Å². The third kappa shape index (κ3) is 10.9. The van der Waals surface area contributed by atoms with Gasteiger partial charge in [-0.2, -0.15) is 0 Å². The topological polar surface area (TPSA) is 268 Å². The highest BCUT2D eigenvalue weighted by Crippen LogP contribution is 2.09. The predicted octanol–water partition coefficient (Wildman–Crippen LogP) is -3.28. The van der Waals surface area contributed by atoms with E-state index in [9.17, 15) is 38.7 Å². The van der Waals surface area contributed by atoms with E-state index in [1.54, 1.807) is 13.8 Å². The van der Waals surface area contributed by atoms with Crippen molar-refractivity contribution in [2.75, 3.05) is 0 Å². The number of carbonyl (C=O) groups is 7. The molecule has 0 rings (SSSR count). The minimum Gasteiger partial charge on any atom is -0.481 e. The average Bonchev–Trinajstić information content (AvgIpc) is 2.68. The van der Waals surface area contributed by atoms with Crippen molar-refractivity contribution in [3.8, 4) is 0 Å². The summed E-state index contributed by atoms with van der Waals surface area (Å²) in [5.41, 5.74) is 10.4. The molecule has 0 heterocycles. The molecule has 15 nitrogen and oxygen atoms in total. The van der Waals surface area contributed by atoms with Gasteiger partial charge < -0.3 is 42.7 Å². The molecular formula is C18H29N5O10. The lowest BCUT2D eigenvalue weighted by Crippen LogP contribution is -2.58. The first kappa shape index (κ1) is 29.2. The number of carbonyl (C=O) groups excluding carboxylic acids is 4. The molecular weight excluding hydrogens is 446 g/mol. The summed E-state index contributed by atoms with van der Waals surface area (Å²) < 4.78 is 0. The van der Waals surface area contributed by atoms with Gasteiger partial charge in [-0.05, 0) is 5.92 Å². The van der Waals surface area contributed by atoms with Crippen LogP contribution in [0.5, 0.6) is 0 Å². The van der Waals surface area contributed by atoms with Crippen LogP contribution >= 0.6 is 0 Å². The molecule has 0 aliphatic carbocycles. The van der Waals surface area contributed by atoms with Crippen LogP contribution in [0.4, 0.5) is 0 Å². The zero-order chi connectivity index (χ0) is 25.9. The maximum absolute atomic E-state index is 12.6. The molecule has 5 atom stereocenters. The van der Waals surface area contributed by atoms with Gasteiger partial charge >= 0.3 is 17.9 Å². The first-order valence-corrected chi connectivity index (χ1v) is 9.80. The summed E-state index contributed by atoms with van der Waals surface area (Å²) in [6.07, 6.45) is -2.13. The fourth-order valence-corrected chi connectivity index (χ4v) is 2.56. The Balaban J connectivity index is 5.61. The highest BCUT2D eigenvalue weighted by molar-refractivity contribution is 5.97. The molecule has 10 N–H and O–H groups in total. The summed E-state index contributed by atoms with van der Waals surface area (Å²) in [5, 5.41) is 33.3. The lowest BCUT2D eigenvalue weighted by atomic mass is 9.98. The molecule has 0 radical (unpaired) electrons. The third-order valence-electron chi connectivity index (χ3n) is 4.56. The van der Waals surface area contributed by atoms with Crippen molar-refractivity contribution >= 4 is 41.5 Å². The first-order chi connectivity index (χ1) is 15.2. The Hall–Kier alpha value is -3.75. The summed E-state index contributed by atoms with van der Waals surface area (Å²) in [4.78, 5) is 81.7. The second-order valence-electron chi connectivity index (χ2n) is 7.31. The molecule has 0 fully saturated rings. The van der Waals surface area contributed by atoms with Gasteiger partial charge in [0.1, 0.15) is 18.1 Å². The zero-order valence-corrected chi connectivity index (χ0v) is 18.1.